The highest BCUT2D eigenvalue weighted by atomic mass is 32.2. The Hall–Kier alpha value is -1.30. The largest absolute Gasteiger partial charge is 0.573 e. The van der Waals surface area contributed by atoms with Crippen molar-refractivity contribution < 1.29 is 30.7 Å². The predicted molar refractivity (Wildman–Crippen MR) is 87.0 cm³/mol. The van der Waals surface area contributed by atoms with Gasteiger partial charge in [0, 0.05) is 32.7 Å². The average molecular weight is 400 g/mol. The number of hydrogen-bond acceptors (Lipinski definition) is 5. The van der Waals surface area contributed by atoms with Gasteiger partial charge in [0.15, 0.2) is 11.6 Å². The zero-order valence-electron chi connectivity index (χ0n) is 12.9. The van der Waals surface area contributed by atoms with Crippen molar-refractivity contribution in [2.75, 3.05) is 26.2 Å². The van der Waals surface area contributed by atoms with Crippen LogP contribution in [0.5, 0.6) is 5.75 Å². The Kier molecular flexibility index (Phi) is 6.35. The Bertz CT molecular complexity index is 730. The second kappa shape index (κ2) is 7.94. The van der Waals surface area contributed by atoms with E-state index in [2.05, 4.69) is 17.4 Å². The molecule has 1 fully saturated rings. The van der Waals surface area contributed by atoms with Gasteiger partial charge in [0.05, 0.1) is 5.41 Å². The van der Waals surface area contributed by atoms with Crippen LogP contribution >= 0.6 is 12.6 Å². The number of piperazine rings is 1. The summed E-state index contributed by atoms with van der Waals surface area (Å²) < 4.78 is 78.7. The molecule has 0 N–H and O–H groups in total. The number of benzene rings is 1. The van der Waals surface area contributed by atoms with Gasteiger partial charge in [-0.3, -0.25) is 4.90 Å². The van der Waals surface area contributed by atoms with Crippen LogP contribution in [0.2, 0.25) is 0 Å². The van der Waals surface area contributed by atoms with E-state index < -0.39 is 28.0 Å². The van der Waals surface area contributed by atoms with E-state index >= 15 is 0 Å². The van der Waals surface area contributed by atoms with Crippen molar-refractivity contribution in [2.24, 2.45) is 0 Å². The van der Waals surface area contributed by atoms with Crippen LogP contribution in [0.25, 0.3) is 0 Å². The van der Waals surface area contributed by atoms with Crippen molar-refractivity contribution in [3.63, 3.8) is 0 Å². The topological polar surface area (TPSA) is 49.9 Å². The molecule has 0 bridgehead atoms. The van der Waals surface area contributed by atoms with Crippen LogP contribution in [0.1, 0.15) is 5.56 Å². The molecule has 1 aromatic rings. The van der Waals surface area contributed by atoms with Gasteiger partial charge in [-0.1, -0.05) is 6.07 Å². The van der Waals surface area contributed by atoms with Gasteiger partial charge in [0.25, 0.3) is 0 Å². The van der Waals surface area contributed by atoms with Gasteiger partial charge in [-0.15, -0.1) is 13.2 Å². The van der Waals surface area contributed by atoms with Gasteiger partial charge in [-0.05, 0) is 23.1 Å². The molecule has 0 spiro atoms. The first kappa shape index (κ1) is 20.0. The number of hydrogen-bond donors (Lipinski definition) is 1. The zero-order chi connectivity index (χ0) is 18.7. The van der Waals surface area contributed by atoms with Crippen molar-refractivity contribution in [3.05, 3.63) is 40.4 Å². The van der Waals surface area contributed by atoms with Crippen LogP contribution in [0.4, 0.5) is 17.6 Å². The molecule has 0 aliphatic carbocycles. The Morgan fingerprint density at radius 2 is 1.84 bits per heavy atom. The van der Waals surface area contributed by atoms with E-state index in [1.54, 1.807) is 0 Å². The van der Waals surface area contributed by atoms with Crippen LogP contribution in [0, 0.1) is 5.82 Å². The molecule has 11 heteroatoms. The lowest BCUT2D eigenvalue weighted by molar-refractivity contribution is -0.275. The maximum atomic E-state index is 13.7. The van der Waals surface area contributed by atoms with Gasteiger partial charge >= 0.3 is 6.36 Å². The summed E-state index contributed by atoms with van der Waals surface area (Å²) in [6, 6.07) is 3.25. The van der Waals surface area contributed by atoms with Crippen molar-refractivity contribution in [2.45, 2.75) is 12.9 Å². The van der Waals surface area contributed by atoms with E-state index in [1.165, 1.54) is 10.4 Å². The number of alkyl halides is 3. The molecule has 1 aliphatic heterocycles. The fourth-order valence-corrected chi connectivity index (χ4v) is 3.87. The quantitative estimate of drug-likeness (QED) is 0.610. The standard InChI is InChI=1S/C14H16F4N2O3S2/c15-12-9-11(1-2-13(12)23-14(16,17)18)10-19-3-5-20(6-4-19)25(21,22)8-7-24/h1-2,7-9,24H,3-6,10H2/b8-7-. The van der Waals surface area contributed by atoms with E-state index in [0.29, 0.717) is 25.2 Å². The Labute approximate surface area is 148 Å². The number of nitrogens with zero attached hydrogens (tertiary/aromatic N) is 2. The normalized spacial score (nSPS) is 18.0. The molecule has 0 aromatic heterocycles. The molecule has 1 aliphatic rings. The Morgan fingerprint density at radius 1 is 1.20 bits per heavy atom. The fourth-order valence-electron chi connectivity index (χ4n) is 2.41. The molecule has 0 atom stereocenters. The maximum Gasteiger partial charge on any atom is 0.573 e. The molecule has 25 heavy (non-hydrogen) atoms. The highest BCUT2D eigenvalue weighted by Crippen LogP contribution is 2.26. The smallest absolute Gasteiger partial charge is 0.403 e. The second-order valence-electron chi connectivity index (χ2n) is 5.32. The summed E-state index contributed by atoms with van der Waals surface area (Å²) in [5, 5.41) is 2.15. The predicted octanol–water partition coefficient (Wildman–Crippen LogP) is 2.57. The Balaban J connectivity index is 1.95. The third-order valence-electron chi connectivity index (χ3n) is 3.55. The molecule has 1 heterocycles. The molecular formula is C14H16F4N2O3S2. The summed E-state index contributed by atoms with van der Waals surface area (Å²) in [7, 11) is -3.49. The van der Waals surface area contributed by atoms with E-state index in [0.717, 1.165) is 22.9 Å². The molecule has 0 unspecified atom stereocenters. The van der Waals surface area contributed by atoms with E-state index in [-0.39, 0.29) is 13.1 Å². The lowest BCUT2D eigenvalue weighted by Crippen LogP contribution is -2.47. The minimum Gasteiger partial charge on any atom is -0.403 e. The third-order valence-corrected chi connectivity index (χ3v) is 5.47. The molecule has 2 rings (SSSR count). The highest BCUT2D eigenvalue weighted by molar-refractivity contribution is 7.93. The minimum absolute atomic E-state index is 0.262. The highest BCUT2D eigenvalue weighted by Gasteiger charge is 2.32. The number of thiol groups is 1. The van der Waals surface area contributed by atoms with Crippen molar-refractivity contribution in [1.29, 1.82) is 0 Å². The van der Waals surface area contributed by atoms with Crippen LogP contribution in [0.3, 0.4) is 0 Å². The first-order valence-electron chi connectivity index (χ1n) is 7.18. The summed E-state index contributed by atoms with van der Waals surface area (Å²) in [6.07, 6.45) is -4.95. The molecule has 5 nitrogen and oxygen atoms in total. The van der Waals surface area contributed by atoms with Gasteiger partial charge < -0.3 is 4.74 Å². The number of rotatable bonds is 5. The van der Waals surface area contributed by atoms with E-state index in [4.69, 9.17) is 0 Å². The molecule has 0 saturated carbocycles. The maximum absolute atomic E-state index is 13.7. The van der Waals surface area contributed by atoms with Gasteiger partial charge in [0.1, 0.15) is 0 Å². The van der Waals surface area contributed by atoms with E-state index in [1.807, 2.05) is 4.90 Å². The molecule has 0 radical (unpaired) electrons. The van der Waals surface area contributed by atoms with Crippen molar-refractivity contribution in [1.82, 2.24) is 9.21 Å². The molecule has 140 valence electrons. The summed E-state index contributed by atoms with van der Waals surface area (Å²) in [5.41, 5.74) is 0.471. The van der Waals surface area contributed by atoms with Crippen LogP contribution in [-0.4, -0.2) is 50.2 Å². The van der Waals surface area contributed by atoms with Gasteiger partial charge in [-0.25, -0.2) is 12.8 Å². The second-order valence-corrected chi connectivity index (χ2v) is 7.43. The average Bonchev–Trinajstić information content (AvgIpc) is 2.49. The zero-order valence-corrected chi connectivity index (χ0v) is 14.6. The van der Waals surface area contributed by atoms with Gasteiger partial charge in [0.2, 0.25) is 10.0 Å². The van der Waals surface area contributed by atoms with Crippen LogP contribution in [-0.2, 0) is 16.6 Å². The lowest BCUT2D eigenvalue weighted by Gasteiger charge is -2.33. The van der Waals surface area contributed by atoms with Crippen molar-refractivity contribution in [3.8, 4) is 5.75 Å². The minimum atomic E-state index is -4.95. The fraction of sp³-hybridized carbons (Fsp3) is 0.429. The summed E-state index contributed by atoms with van der Waals surface area (Å²) in [6.45, 7) is 1.65. The summed E-state index contributed by atoms with van der Waals surface area (Å²) in [4.78, 5) is 1.88. The van der Waals surface area contributed by atoms with E-state index in [9.17, 15) is 26.0 Å². The SMILES string of the molecule is O=S(=O)(/C=C\S)N1CCN(Cc2ccc(OC(F)(F)F)c(F)c2)CC1. The number of sulfonamides is 1. The first-order chi connectivity index (χ1) is 11.6. The molecular weight excluding hydrogens is 384 g/mol. The summed E-state index contributed by atoms with van der Waals surface area (Å²) in [5.74, 6) is -1.99. The lowest BCUT2D eigenvalue weighted by atomic mass is 10.2. The monoisotopic (exact) mass is 400 g/mol. The van der Waals surface area contributed by atoms with Crippen molar-refractivity contribution >= 4 is 22.7 Å². The number of halogens is 4. The van der Waals surface area contributed by atoms with Gasteiger partial charge in [-0.2, -0.15) is 16.9 Å². The molecule has 1 saturated heterocycles. The first-order valence-corrected chi connectivity index (χ1v) is 9.20. The summed E-state index contributed by atoms with van der Waals surface area (Å²) >= 11 is 3.75. The van der Waals surface area contributed by atoms with Crippen LogP contribution in [0.15, 0.2) is 29.0 Å². The van der Waals surface area contributed by atoms with Crippen LogP contribution < -0.4 is 4.74 Å². The third kappa shape index (κ3) is 5.87. The Morgan fingerprint density at radius 3 is 2.36 bits per heavy atom. The molecule has 1 aromatic carbocycles. The molecule has 0 amide bonds. The number of ether oxygens (including phenoxy) is 1.